The lowest BCUT2D eigenvalue weighted by Gasteiger charge is -2.19. The molecule has 0 aliphatic rings. The molecule has 0 bridgehead atoms. The lowest BCUT2D eigenvalue weighted by molar-refractivity contribution is -0.122. The summed E-state index contributed by atoms with van der Waals surface area (Å²) in [6.07, 6.45) is 15.8. The molecule has 0 amide bonds. The zero-order valence-corrected chi connectivity index (χ0v) is 17.1. The number of fused-ring (bicyclic) bond motifs is 1. The Kier molecular flexibility index (Phi) is 12.7. The zero-order chi connectivity index (χ0) is 22.9. The molecule has 30 heavy (non-hydrogen) atoms. The van der Waals surface area contributed by atoms with Gasteiger partial charge in [-0.2, -0.15) is 0 Å². The van der Waals surface area contributed by atoms with Crippen LogP contribution in [0.25, 0.3) is 16.6 Å². The highest BCUT2D eigenvalue weighted by Gasteiger charge is 2.11. The fourth-order valence-electron chi connectivity index (χ4n) is 2.47. The average Bonchev–Trinajstić information content (AvgIpc) is 2.76. The maximum Gasteiger partial charge on any atom is 0.290 e. The van der Waals surface area contributed by atoms with Gasteiger partial charge in [-0.1, -0.05) is 38.0 Å². The molecule has 2 N–H and O–H groups in total. The van der Waals surface area contributed by atoms with Gasteiger partial charge in [0.05, 0.1) is 10.9 Å². The third-order valence-electron chi connectivity index (χ3n) is 3.49. The van der Waals surface area contributed by atoms with Crippen LogP contribution in [0.2, 0.25) is 0 Å². The number of anilines is 1. The van der Waals surface area contributed by atoms with Crippen LogP contribution in [0.1, 0.15) is 6.92 Å². The third kappa shape index (κ3) is 7.09. The van der Waals surface area contributed by atoms with Gasteiger partial charge in [0, 0.05) is 29.9 Å². The van der Waals surface area contributed by atoms with Crippen LogP contribution in [0, 0.1) is 0 Å². The highest BCUT2D eigenvalue weighted by molar-refractivity contribution is 5.86. The first-order valence-corrected chi connectivity index (χ1v) is 8.83. The van der Waals surface area contributed by atoms with Crippen LogP contribution in [0.5, 0.6) is 0 Å². The smallest absolute Gasteiger partial charge is 0.290 e. The summed E-state index contributed by atoms with van der Waals surface area (Å²) in [5, 5.41) is 10.7. The first-order valence-electron chi connectivity index (χ1n) is 8.83. The minimum Gasteiger partial charge on any atom is -0.483 e. The molecule has 0 spiro atoms. The minimum atomic E-state index is -0.250. The van der Waals surface area contributed by atoms with E-state index in [1.807, 2.05) is 35.8 Å². The Bertz CT molecular complexity index is 1030. The summed E-state index contributed by atoms with van der Waals surface area (Å²) in [5.74, 6) is 0.614. The fraction of sp³-hybridized carbons (Fsp3) is 0.0417. The highest BCUT2D eigenvalue weighted by Crippen LogP contribution is 2.23. The first-order chi connectivity index (χ1) is 14.6. The van der Waals surface area contributed by atoms with E-state index >= 15 is 0 Å². The summed E-state index contributed by atoms with van der Waals surface area (Å²) in [6.45, 7) is 19.0. The van der Waals surface area contributed by atoms with Gasteiger partial charge in [0.15, 0.2) is 5.43 Å². The van der Waals surface area contributed by atoms with Crippen LogP contribution in [0.3, 0.4) is 0 Å². The lowest BCUT2D eigenvalue weighted by Crippen LogP contribution is -2.14. The number of rotatable bonds is 7. The molecule has 0 aliphatic heterocycles. The average molecular weight is 405 g/mol. The van der Waals surface area contributed by atoms with E-state index in [-0.39, 0.29) is 11.9 Å². The SMILES string of the molecule is C=C.C=C/C=C(\C=C)Nc1cc(=O)c2cnccc2n1C(/C=C\C)=C/C=C.O=CO. The van der Waals surface area contributed by atoms with Crippen molar-refractivity contribution in [1.29, 1.82) is 0 Å². The molecular weight excluding hydrogens is 378 g/mol. The Hall–Kier alpha value is -4.19. The van der Waals surface area contributed by atoms with Crippen molar-refractivity contribution in [3.05, 3.63) is 116 Å². The number of allylic oxidation sites excluding steroid dienone is 8. The molecule has 6 heteroatoms. The van der Waals surface area contributed by atoms with Gasteiger partial charge >= 0.3 is 0 Å². The highest BCUT2D eigenvalue weighted by atomic mass is 16.3. The summed E-state index contributed by atoms with van der Waals surface area (Å²) in [4.78, 5) is 24.9. The molecule has 0 aromatic carbocycles. The Balaban J connectivity index is 0.00000154. The van der Waals surface area contributed by atoms with Crippen molar-refractivity contribution < 1.29 is 9.90 Å². The van der Waals surface area contributed by atoms with Crippen LogP contribution in [-0.2, 0) is 4.79 Å². The molecule has 6 nitrogen and oxygen atoms in total. The predicted octanol–water partition coefficient (Wildman–Crippen LogP) is 5.17. The standard InChI is InChI=1S/C21H21N3O.C2H4.CH2O2/c1-5-9-16(8-4)23-21-14-20(25)18-15-22-13-12-19(18)24(21)17(10-6-2)11-7-3;1-2;2-1-3/h5-15,23H,1-2,4H2,3H3;1-2H2;1H,(H,2,3)/b11-7-,16-9+,17-10+;;. The van der Waals surface area contributed by atoms with Gasteiger partial charge in [0.1, 0.15) is 5.82 Å². The largest absolute Gasteiger partial charge is 0.483 e. The van der Waals surface area contributed by atoms with Gasteiger partial charge in [-0.05, 0) is 37.3 Å². The Morgan fingerprint density at radius 2 is 1.83 bits per heavy atom. The molecule has 2 aromatic heterocycles. The number of hydrogen-bond acceptors (Lipinski definition) is 4. The van der Waals surface area contributed by atoms with Crippen molar-refractivity contribution in [2.75, 3.05) is 5.32 Å². The number of carboxylic acid groups (broad SMARTS) is 1. The van der Waals surface area contributed by atoms with E-state index in [9.17, 15) is 4.79 Å². The quantitative estimate of drug-likeness (QED) is 0.377. The van der Waals surface area contributed by atoms with E-state index in [4.69, 9.17) is 9.90 Å². The molecule has 0 unspecified atom stereocenters. The van der Waals surface area contributed by atoms with Crippen molar-refractivity contribution in [2.24, 2.45) is 0 Å². The third-order valence-corrected chi connectivity index (χ3v) is 3.49. The van der Waals surface area contributed by atoms with Gasteiger partial charge in [-0.25, -0.2) is 0 Å². The molecular formula is C24H27N3O3. The molecule has 156 valence electrons. The Morgan fingerprint density at radius 1 is 1.20 bits per heavy atom. The van der Waals surface area contributed by atoms with E-state index < -0.39 is 0 Å². The first kappa shape index (κ1) is 25.8. The number of aromatic nitrogens is 2. The van der Waals surface area contributed by atoms with E-state index in [0.29, 0.717) is 11.2 Å². The van der Waals surface area contributed by atoms with E-state index in [1.165, 1.54) is 0 Å². The van der Waals surface area contributed by atoms with Crippen molar-refractivity contribution >= 4 is 28.9 Å². The molecule has 0 fully saturated rings. The molecule has 0 radical (unpaired) electrons. The molecule has 0 saturated carbocycles. The second-order valence-corrected chi connectivity index (χ2v) is 5.24. The number of pyridine rings is 2. The van der Waals surface area contributed by atoms with Gasteiger partial charge in [0.25, 0.3) is 6.47 Å². The van der Waals surface area contributed by atoms with Crippen LogP contribution >= 0.6 is 0 Å². The minimum absolute atomic E-state index is 0.109. The molecule has 0 atom stereocenters. The van der Waals surface area contributed by atoms with Crippen LogP contribution < -0.4 is 10.7 Å². The Morgan fingerprint density at radius 3 is 2.37 bits per heavy atom. The number of carbonyl (C=O) groups is 1. The van der Waals surface area contributed by atoms with Crippen LogP contribution in [0.15, 0.2) is 110 Å². The van der Waals surface area contributed by atoms with Gasteiger partial charge in [-0.3, -0.25) is 19.1 Å². The van der Waals surface area contributed by atoms with Gasteiger partial charge < -0.3 is 10.4 Å². The Labute approximate surface area is 176 Å². The topological polar surface area (TPSA) is 84.2 Å². The zero-order valence-electron chi connectivity index (χ0n) is 17.1. The number of nitrogens with one attached hydrogen (secondary N) is 1. The van der Waals surface area contributed by atoms with E-state index in [0.717, 1.165) is 16.9 Å². The summed E-state index contributed by atoms with van der Waals surface area (Å²) in [6, 6.07) is 3.36. The molecule has 2 aromatic rings. The van der Waals surface area contributed by atoms with E-state index in [2.05, 4.69) is 43.2 Å². The molecule has 2 rings (SSSR count). The molecule has 0 aliphatic carbocycles. The normalized spacial score (nSPS) is 10.8. The van der Waals surface area contributed by atoms with E-state index in [1.54, 1.807) is 42.8 Å². The van der Waals surface area contributed by atoms with Gasteiger partial charge in [0.2, 0.25) is 0 Å². The summed E-state index contributed by atoms with van der Waals surface area (Å²) in [5.41, 5.74) is 2.23. The van der Waals surface area contributed by atoms with Crippen LogP contribution in [0.4, 0.5) is 5.82 Å². The fourth-order valence-corrected chi connectivity index (χ4v) is 2.47. The van der Waals surface area contributed by atoms with Crippen molar-refractivity contribution in [2.45, 2.75) is 6.92 Å². The van der Waals surface area contributed by atoms with Crippen molar-refractivity contribution in [3.63, 3.8) is 0 Å². The van der Waals surface area contributed by atoms with Gasteiger partial charge in [-0.15, -0.1) is 13.2 Å². The molecule has 0 saturated heterocycles. The monoisotopic (exact) mass is 405 g/mol. The number of hydrogen-bond donors (Lipinski definition) is 2. The number of nitrogens with zero attached hydrogens (tertiary/aromatic N) is 2. The predicted molar refractivity (Wildman–Crippen MR) is 127 cm³/mol. The summed E-state index contributed by atoms with van der Waals surface area (Å²) < 4.78 is 1.94. The molecule has 2 heterocycles. The van der Waals surface area contributed by atoms with Crippen molar-refractivity contribution in [3.8, 4) is 0 Å². The lowest BCUT2D eigenvalue weighted by atomic mass is 10.2. The summed E-state index contributed by atoms with van der Waals surface area (Å²) >= 11 is 0. The second-order valence-electron chi connectivity index (χ2n) is 5.24. The second kappa shape index (κ2) is 14.8. The maximum atomic E-state index is 12.5. The maximum absolute atomic E-state index is 12.5. The summed E-state index contributed by atoms with van der Waals surface area (Å²) in [7, 11) is 0. The van der Waals surface area contributed by atoms with Crippen molar-refractivity contribution in [1.82, 2.24) is 9.55 Å². The van der Waals surface area contributed by atoms with Crippen LogP contribution in [-0.4, -0.2) is 21.1 Å².